The van der Waals surface area contributed by atoms with Crippen LogP contribution in [0.5, 0.6) is 0 Å². The summed E-state index contributed by atoms with van der Waals surface area (Å²) in [5.74, 6) is 2.34. The van der Waals surface area contributed by atoms with Crippen molar-refractivity contribution in [2.24, 2.45) is 0 Å². The van der Waals surface area contributed by atoms with E-state index in [0.29, 0.717) is 0 Å². The van der Waals surface area contributed by atoms with Crippen molar-refractivity contribution in [2.45, 2.75) is 30.5 Å². The van der Waals surface area contributed by atoms with Crippen LogP contribution in [0.25, 0.3) is 0 Å². The molecule has 1 N–H and O–H groups in total. The Morgan fingerprint density at radius 1 is 1.30 bits per heavy atom. The third kappa shape index (κ3) is 1.46. The highest BCUT2D eigenvalue weighted by atomic mass is 32.2. The fourth-order valence-corrected chi connectivity index (χ4v) is 3.85. The maximum absolute atomic E-state index is 9.74. The van der Waals surface area contributed by atoms with Crippen molar-refractivity contribution >= 4 is 23.5 Å². The van der Waals surface area contributed by atoms with Crippen LogP contribution in [-0.4, -0.2) is 26.3 Å². The molecule has 1 heterocycles. The fraction of sp³-hybridized carbons (Fsp3) is 1.00. The first-order valence-electron chi connectivity index (χ1n) is 3.46. The number of thioether (sulfide) groups is 2. The minimum Gasteiger partial charge on any atom is -0.388 e. The van der Waals surface area contributed by atoms with Gasteiger partial charge >= 0.3 is 0 Å². The lowest BCUT2D eigenvalue weighted by atomic mass is 10.1. The third-order valence-electron chi connectivity index (χ3n) is 1.95. The Morgan fingerprint density at radius 3 is 1.90 bits per heavy atom. The first kappa shape index (κ1) is 8.75. The largest absolute Gasteiger partial charge is 0.388 e. The van der Waals surface area contributed by atoms with Crippen molar-refractivity contribution in [1.29, 1.82) is 0 Å². The monoisotopic (exact) mass is 178 g/mol. The molecule has 0 bridgehead atoms. The quantitative estimate of drug-likeness (QED) is 0.663. The summed E-state index contributed by atoms with van der Waals surface area (Å²) >= 11 is 3.73. The molecule has 0 unspecified atom stereocenters. The Hall–Kier alpha value is 0.660. The first-order valence-corrected chi connectivity index (χ1v) is 5.43. The summed E-state index contributed by atoms with van der Waals surface area (Å²) in [6, 6.07) is 0. The molecule has 0 amide bonds. The van der Waals surface area contributed by atoms with E-state index in [-0.39, 0.29) is 4.08 Å². The average Bonchev–Trinajstić information content (AvgIpc) is 2.13. The van der Waals surface area contributed by atoms with Crippen molar-refractivity contribution in [1.82, 2.24) is 0 Å². The second-order valence-electron chi connectivity index (χ2n) is 3.20. The van der Waals surface area contributed by atoms with E-state index in [4.69, 9.17) is 0 Å². The van der Waals surface area contributed by atoms with E-state index in [2.05, 4.69) is 6.92 Å². The highest BCUT2D eigenvalue weighted by molar-refractivity contribution is 8.21. The van der Waals surface area contributed by atoms with E-state index in [1.807, 2.05) is 37.4 Å². The molecule has 3 heteroatoms. The van der Waals surface area contributed by atoms with Gasteiger partial charge < -0.3 is 5.11 Å². The predicted molar refractivity (Wildman–Crippen MR) is 49.6 cm³/mol. The third-order valence-corrected chi connectivity index (χ3v) is 5.83. The van der Waals surface area contributed by atoms with Gasteiger partial charge in [-0.3, -0.25) is 0 Å². The van der Waals surface area contributed by atoms with Crippen LogP contribution in [0.15, 0.2) is 0 Å². The normalized spacial score (nSPS) is 25.2. The summed E-state index contributed by atoms with van der Waals surface area (Å²) in [5.41, 5.74) is -0.557. The van der Waals surface area contributed by atoms with Gasteiger partial charge in [-0.1, -0.05) is 0 Å². The lowest BCUT2D eigenvalue weighted by Gasteiger charge is -2.34. The van der Waals surface area contributed by atoms with Crippen LogP contribution in [0.3, 0.4) is 0 Å². The lowest BCUT2D eigenvalue weighted by molar-refractivity contribution is 0.0729. The summed E-state index contributed by atoms with van der Waals surface area (Å²) in [6.45, 7) is 5.89. The second kappa shape index (κ2) is 2.61. The van der Waals surface area contributed by atoms with Crippen LogP contribution >= 0.6 is 23.5 Å². The zero-order valence-corrected chi connectivity index (χ0v) is 8.31. The molecule has 0 spiro atoms. The van der Waals surface area contributed by atoms with E-state index in [1.54, 1.807) is 0 Å². The zero-order valence-electron chi connectivity index (χ0n) is 6.68. The van der Waals surface area contributed by atoms with Gasteiger partial charge in [-0.15, -0.1) is 23.5 Å². The lowest BCUT2D eigenvalue weighted by Crippen LogP contribution is -2.40. The van der Waals surface area contributed by atoms with Crippen molar-refractivity contribution in [3.8, 4) is 0 Å². The van der Waals surface area contributed by atoms with Crippen LogP contribution < -0.4 is 0 Å². The summed E-state index contributed by atoms with van der Waals surface area (Å²) in [6.07, 6.45) is 0. The molecule has 1 nitrogen and oxygen atoms in total. The molecule has 1 saturated heterocycles. The number of aliphatic hydroxyl groups is 1. The van der Waals surface area contributed by atoms with Gasteiger partial charge in [-0.05, 0) is 20.8 Å². The van der Waals surface area contributed by atoms with Crippen LogP contribution in [0, 0.1) is 0 Å². The first-order chi connectivity index (χ1) is 4.46. The van der Waals surface area contributed by atoms with Gasteiger partial charge in [-0.25, -0.2) is 0 Å². The molecule has 0 saturated carbocycles. The number of hydrogen-bond acceptors (Lipinski definition) is 3. The highest BCUT2D eigenvalue weighted by Crippen LogP contribution is 2.50. The Bertz CT molecular complexity index is 122. The molecular formula is C7H14OS2. The van der Waals surface area contributed by atoms with Crippen LogP contribution in [0.2, 0.25) is 0 Å². The fourth-order valence-electron chi connectivity index (χ4n) is 0.868. The Labute approximate surface area is 71.0 Å². The molecule has 0 aromatic rings. The molecule has 1 fully saturated rings. The zero-order chi connectivity index (χ0) is 7.83. The van der Waals surface area contributed by atoms with E-state index < -0.39 is 5.60 Å². The smallest absolute Gasteiger partial charge is 0.0863 e. The molecule has 0 aromatic carbocycles. The number of hydrogen-bond donors (Lipinski definition) is 1. The van der Waals surface area contributed by atoms with Crippen LogP contribution in [-0.2, 0) is 0 Å². The van der Waals surface area contributed by atoms with Gasteiger partial charge in [0, 0.05) is 11.5 Å². The molecule has 10 heavy (non-hydrogen) atoms. The van der Waals surface area contributed by atoms with Crippen LogP contribution in [0.1, 0.15) is 20.8 Å². The minimum absolute atomic E-state index is 0.0208. The average molecular weight is 178 g/mol. The van der Waals surface area contributed by atoms with Crippen molar-refractivity contribution < 1.29 is 5.11 Å². The Balaban J connectivity index is 2.67. The van der Waals surface area contributed by atoms with Gasteiger partial charge in [-0.2, -0.15) is 0 Å². The predicted octanol–water partition coefficient (Wildman–Crippen LogP) is 1.95. The van der Waals surface area contributed by atoms with Crippen molar-refractivity contribution in [3.63, 3.8) is 0 Å². The maximum Gasteiger partial charge on any atom is 0.0863 e. The van der Waals surface area contributed by atoms with Crippen molar-refractivity contribution in [2.75, 3.05) is 11.5 Å². The van der Waals surface area contributed by atoms with Gasteiger partial charge in [0.25, 0.3) is 0 Å². The molecule has 0 aliphatic carbocycles. The second-order valence-corrected chi connectivity index (χ2v) is 6.49. The summed E-state index contributed by atoms with van der Waals surface area (Å²) in [4.78, 5) is 0. The van der Waals surface area contributed by atoms with E-state index >= 15 is 0 Å². The van der Waals surface area contributed by atoms with E-state index in [9.17, 15) is 5.11 Å². The highest BCUT2D eigenvalue weighted by Gasteiger charge is 2.43. The summed E-state index contributed by atoms with van der Waals surface area (Å²) in [5, 5.41) is 9.74. The molecule has 1 aliphatic rings. The standard InChI is InChI=1S/C7H14OS2/c1-6(2,8)7(3)9-4-5-10-7/h8H,4-5H2,1-3H3. The van der Waals surface area contributed by atoms with E-state index in [0.717, 1.165) is 0 Å². The molecule has 1 aliphatic heterocycles. The van der Waals surface area contributed by atoms with Crippen molar-refractivity contribution in [3.05, 3.63) is 0 Å². The van der Waals surface area contributed by atoms with Gasteiger partial charge in [0.1, 0.15) is 0 Å². The Kier molecular flexibility index (Phi) is 2.28. The SMILES string of the molecule is CC(C)(O)C1(C)SCCS1. The summed E-state index contributed by atoms with van der Waals surface area (Å²) < 4.78 is 0.0208. The minimum atomic E-state index is -0.557. The van der Waals surface area contributed by atoms with E-state index in [1.165, 1.54) is 11.5 Å². The van der Waals surface area contributed by atoms with Gasteiger partial charge in [0.05, 0.1) is 9.68 Å². The number of rotatable bonds is 1. The molecular weight excluding hydrogens is 164 g/mol. The molecule has 0 atom stereocenters. The molecule has 0 radical (unpaired) electrons. The topological polar surface area (TPSA) is 20.2 Å². The van der Waals surface area contributed by atoms with Crippen LogP contribution in [0.4, 0.5) is 0 Å². The molecule has 60 valence electrons. The van der Waals surface area contributed by atoms with Gasteiger partial charge in [0.15, 0.2) is 0 Å². The Morgan fingerprint density at radius 2 is 1.70 bits per heavy atom. The summed E-state index contributed by atoms with van der Waals surface area (Å²) in [7, 11) is 0. The maximum atomic E-state index is 9.74. The molecule has 1 rings (SSSR count). The van der Waals surface area contributed by atoms with Gasteiger partial charge in [0.2, 0.25) is 0 Å². The molecule has 0 aromatic heterocycles.